The van der Waals surface area contributed by atoms with Crippen LogP contribution in [0.2, 0.25) is 0 Å². The first-order chi connectivity index (χ1) is 13.2. The van der Waals surface area contributed by atoms with Gasteiger partial charge in [0.25, 0.3) is 0 Å². The van der Waals surface area contributed by atoms with Gasteiger partial charge in [0, 0.05) is 48.0 Å². The maximum absolute atomic E-state index is 12.8. The van der Waals surface area contributed by atoms with Gasteiger partial charge < -0.3 is 15.2 Å². The predicted molar refractivity (Wildman–Crippen MR) is 103 cm³/mol. The van der Waals surface area contributed by atoms with Crippen molar-refractivity contribution in [2.45, 2.75) is 31.3 Å². The Morgan fingerprint density at radius 1 is 1.37 bits per heavy atom. The fraction of sp³-hybridized carbons (Fsp3) is 0.381. The Bertz CT molecular complexity index is 983. The molecule has 2 N–H and O–H groups in total. The van der Waals surface area contributed by atoms with E-state index in [1.165, 1.54) is 22.0 Å². The molecule has 138 valence electrons. The largest absolute Gasteiger partial charge is 0.361 e. The summed E-state index contributed by atoms with van der Waals surface area (Å²) in [6, 6.07) is 6.96. The van der Waals surface area contributed by atoms with Gasteiger partial charge in [0.15, 0.2) is 0 Å². The fourth-order valence-electron chi connectivity index (χ4n) is 4.88. The zero-order valence-corrected chi connectivity index (χ0v) is 15.4. The van der Waals surface area contributed by atoms with Crippen LogP contribution >= 0.6 is 0 Å². The molecule has 1 aliphatic heterocycles. The molecule has 1 aromatic carbocycles. The Morgan fingerprint density at radius 2 is 2.30 bits per heavy atom. The minimum atomic E-state index is -0.0105. The van der Waals surface area contributed by atoms with Crippen LogP contribution in [0.3, 0.4) is 0 Å². The number of benzene rings is 1. The summed E-state index contributed by atoms with van der Waals surface area (Å²) >= 11 is 0. The van der Waals surface area contributed by atoms with E-state index in [2.05, 4.69) is 56.6 Å². The Morgan fingerprint density at radius 3 is 3.15 bits per heavy atom. The van der Waals surface area contributed by atoms with E-state index in [0.29, 0.717) is 18.5 Å². The number of amides is 1. The molecule has 3 heterocycles. The maximum Gasteiger partial charge on any atom is 0.224 e. The molecule has 3 atom stereocenters. The second-order valence-electron chi connectivity index (χ2n) is 7.75. The summed E-state index contributed by atoms with van der Waals surface area (Å²) in [6.07, 6.45) is 9.08. The van der Waals surface area contributed by atoms with Crippen molar-refractivity contribution in [1.29, 1.82) is 0 Å². The van der Waals surface area contributed by atoms with E-state index in [4.69, 9.17) is 0 Å². The average Bonchev–Trinajstić information content (AvgIpc) is 3.12. The highest BCUT2D eigenvalue weighted by Gasteiger charge is 2.41. The van der Waals surface area contributed by atoms with E-state index in [9.17, 15) is 4.79 Å². The molecule has 0 radical (unpaired) electrons. The second-order valence-corrected chi connectivity index (χ2v) is 7.75. The lowest BCUT2D eigenvalue weighted by Crippen LogP contribution is -2.51. The van der Waals surface area contributed by atoms with Gasteiger partial charge >= 0.3 is 0 Å². The van der Waals surface area contributed by atoms with Crippen LogP contribution < -0.4 is 5.32 Å². The van der Waals surface area contributed by atoms with Gasteiger partial charge in [0.05, 0.1) is 24.4 Å². The van der Waals surface area contributed by atoms with Gasteiger partial charge in [0.2, 0.25) is 5.91 Å². The van der Waals surface area contributed by atoms with Gasteiger partial charge in [-0.2, -0.15) is 0 Å². The molecular formula is C21H23N5O. The summed E-state index contributed by atoms with van der Waals surface area (Å²) in [5.74, 6) is 0.490. The molecule has 2 aromatic heterocycles. The molecule has 27 heavy (non-hydrogen) atoms. The van der Waals surface area contributed by atoms with E-state index in [0.717, 1.165) is 25.1 Å². The van der Waals surface area contributed by atoms with Crippen molar-refractivity contribution in [3.8, 4) is 0 Å². The van der Waals surface area contributed by atoms with Crippen LogP contribution in [0.25, 0.3) is 10.9 Å². The normalized spacial score (nSPS) is 24.6. The van der Waals surface area contributed by atoms with Crippen molar-refractivity contribution in [2.75, 3.05) is 13.6 Å². The summed E-state index contributed by atoms with van der Waals surface area (Å²) in [5.41, 5.74) is 4.78. The van der Waals surface area contributed by atoms with E-state index < -0.39 is 0 Å². The van der Waals surface area contributed by atoms with Crippen LogP contribution in [-0.4, -0.2) is 45.4 Å². The minimum Gasteiger partial charge on any atom is -0.361 e. The lowest BCUT2D eigenvalue weighted by molar-refractivity contribution is -0.127. The molecule has 6 heteroatoms. The molecule has 0 spiro atoms. The standard InChI is InChI=1S/C21H23N5O/c1-26-12-14(21(27)25-11-15-10-22-5-6-23-15)7-17-16-3-2-4-18-20(16)13(9-24-18)8-19(17)26/h2-6,9-10,14,17,19,24H,7-8,11-12H2,1H3,(H,25,27)/t14-,17?,19-/m1/s1. The van der Waals surface area contributed by atoms with Crippen LogP contribution in [0.4, 0.5) is 0 Å². The highest BCUT2D eigenvalue weighted by atomic mass is 16.1. The Labute approximate surface area is 158 Å². The monoisotopic (exact) mass is 361 g/mol. The third-order valence-corrected chi connectivity index (χ3v) is 6.16. The number of carbonyl (C=O) groups is 1. The molecule has 3 aromatic rings. The smallest absolute Gasteiger partial charge is 0.224 e. The molecule has 6 nitrogen and oxygen atoms in total. The van der Waals surface area contributed by atoms with Crippen LogP contribution in [0.1, 0.15) is 29.2 Å². The second kappa shape index (κ2) is 6.46. The molecule has 0 bridgehead atoms. The number of nitrogens with zero attached hydrogens (tertiary/aromatic N) is 3. The summed E-state index contributed by atoms with van der Waals surface area (Å²) < 4.78 is 0. The van der Waals surface area contributed by atoms with E-state index in [1.54, 1.807) is 18.6 Å². The van der Waals surface area contributed by atoms with Crippen LogP contribution in [0.15, 0.2) is 43.0 Å². The Hall–Kier alpha value is -2.73. The zero-order valence-electron chi connectivity index (χ0n) is 15.4. The number of nitrogens with one attached hydrogen (secondary N) is 2. The third kappa shape index (κ3) is 2.80. The van der Waals surface area contributed by atoms with Crippen molar-refractivity contribution in [2.24, 2.45) is 5.92 Å². The van der Waals surface area contributed by atoms with Gasteiger partial charge in [-0.3, -0.25) is 14.8 Å². The van der Waals surface area contributed by atoms with Gasteiger partial charge in [-0.05, 0) is 37.1 Å². The Balaban J connectivity index is 1.37. The number of aromatic nitrogens is 3. The molecule has 2 aliphatic rings. The lowest BCUT2D eigenvalue weighted by atomic mass is 9.72. The SMILES string of the molecule is CN1C[C@H](C(=O)NCc2cnccn2)CC2c3cccc4[nH]cc(c34)C[C@H]21. The number of carbonyl (C=O) groups excluding carboxylic acids is 1. The number of aromatic amines is 1. The van der Waals surface area contributed by atoms with Gasteiger partial charge in [-0.25, -0.2) is 0 Å². The van der Waals surface area contributed by atoms with Crippen molar-refractivity contribution >= 4 is 16.8 Å². The number of fused-ring (bicyclic) bond motifs is 2. The molecule has 1 saturated heterocycles. The first-order valence-electron chi connectivity index (χ1n) is 9.52. The quantitative estimate of drug-likeness (QED) is 0.750. The highest BCUT2D eigenvalue weighted by molar-refractivity contribution is 5.88. The van der Waals surface area contributed by atoms with Crippen molar-refractivity contribution < 1.29 is 4.79 Å². The number of piperidine rings is 1. The summed E-state index contributed by atoms with van der Waals surface area (Å²) in [6.45, 7) is 1.22. The number of likely N-dealkylation sites (N-methyl/N-ethyl adjacent to an activating group) is 1. The van der Waals surface area contributed by atoms with E-state index in [-0.39, 0.29) is 11.8 Å². The average molecular weight is 361 g/mol. The van der Waals surface area contributed by atoms with Crippen LogP contribution in [0.5, 0.6) is 0 Å². The van der Waals surface area contributed by atoms with Gasteiger partial charge in [-0.15, -0.1) is 0 Å². The molecule has 1 amide bonds. The Kier molecular flexibility index (Phi) is 3.93. The van der Waals surface area contributed by atoms with Gasteiger partial charge in [-0.1, -0.05) is 12.1 Å². The first-order valence-corrected chi connectivity index (χ1v) is 9.52. The van der Waals surface area contributed by atoms with Crippen molar-refractivity contribution in [1.82, 2.24) is 25.2 Å². The number of rotatable bonds is 3. The number of hydrogen-bond acceptors (Lipinski definition) is 4. The van der Waals surface area contributed by atoms with E-state index in [1.807, 2.05) is 0 Å². The highest BCUT2D eigenvalue weighted by Crippen LogP contribution is 2.44. The molecule has 0 saturated carbocycles. The predicted octanol–water partition coefficient (Wildman–Crippen LogP) is 2.23. The van der Waals surface area contributed by atoms with Crippen LogP contribution in [0, 0.1) is 5.92 Å². The first kappa shape index (κ1) is 16.4. The molecule has 5 rings (SSSR count). The van der Waals surface area contributed by atoms with Crippen molar-refractivity contribution in [3.05, 3.63) is 59.8 Å². The minimum absolute atomic E-state index is 0.0105. The van der Waals surface area contributed by atoms with Crippen molar-refractivity contribution in [3.63, 3.8) is 0 Å². The van der Waals surface area contributed by atoms with E-state index >= 15 is 0 Å². The van der Waals surface area contributed by atoms with Gasteiger partial charge in [0.1, 0.15) is 0 Å². The summed E-state index contributed by atoms with van der Waals surface area (Å²) in [5, 5.41) is 4.42. The molecule has 1 fully saturated rings. The summed E-state index contributed by atoms with van der Waals surface area (Å²) in [7, 11) is 2.15. The fourth-order valence-corrected chi connectivity index (χ4v) is 4.88. The molecule has 1 unspecified atom stereocenters. The molecular weight excluding hydrogens is 338 g/mol. The molecule has 1 aliphatic carbocycles. The zero-order chi connectivity index (χ0) is 18.4. The number of H-pyrrole nitrogens is 1. The number of hydrogen-bond donors (Lipinski definition) is 2. The maximum atomic E-state index is 12.8. The number of likely N-dealkylation sites (tertiary alicyclic amines) is 1. The lowest BCUT2D eigenvalue weighted by Gasteiger charge is -2.45. The topological polar surface area (TPSA) is 73.9 Å². The summed E-state index contributed by atoms with van der Waals surface area (Å²) in [4.78, 5) is 26.9. The van der Waals surface area contributed by atoms with Crippen LogP contribution in [-0.2, 0) is 17.8 Å². The third-order valence-electron chi connectivity index (χ3n) is 6.16.